The molecule has 2 aliphatic heterocycles. The lowest BCUT2D eigenvalue weighted by Crippen LogP contribution is -2.57. The van der Waals surface area contributed by atoms with Crippen LogP contribution in [0.2, 0.25) is 0 Å². The van der Waals surface area contributed by atoms with Gasteiger partial charge in [-0.2, -0.15) is 0 Å². The highest BCUT2D eigenvalue weighted by atomic mass is 127. The lowest BCUT2D eigenvalue weighted by molar-refractivity contribution is 0.0371. The molecule has 0 radical (unpaired) electrons. The number of methoxy groups -OCH3 is 1. The Balaban J connectivity index is 0.00000256. The zero-order valence-electron chi connectivity index (χ0n) is 18.7. The molecule has 3 fully saturated rings. The Morgan fingerprint density at radius 1 is 1.20 bits per heavy atom. The topological polar surface area (TPSA) is 40.1 Å². The summed E-state index contributed by atoms with van der Waals surface area (Å²) >= 11 is 0. The van der Waals surface area contributed by atoms with Gasteiger partial charge in [0, 0.05) is 53.0 Å². The molecule has 0 bridgehead atoms. The quantitative estimate of drug-likeness (QED) is 0.332. The molecule has 0 aromatic heterocycles. The van der Waals surface area contributed by atoms with E-state index in [0.717, 1.165) is 57.1 Å². The summed E-state index contributed by atoms with van der Waals surface area (Å²) in [6.07, 6.45) is 7.70. The van der Waals surface area contributed by atoms with Crippen molar-refractivity contribution in [3.05, 3.63) is 35.9 Å². The third kappa shape index (κ3) is 5.88. The van der Waals surface area contributed by atoms with Crippen molar-refractivity contribution < 1.29 is 4.74 Å². The number of hydrogen-bond donors (Lipinski definition) is 1. The summed E-state index contributed by atoms with van der Waals surface area (Å²) in [5.41, 5.74) is 1.89. The molecule has 168 valence electrons. The van der Waals surface area contributed by atoms with E-state index in [0.29, 0.717) is 5.41 Å². The van der Waals surface area contributed by atoms with Crippen LogP contribution in [0, 0.1) is 11.3 Å². The summed E-state index contributed by atoms with van der Waals surface area (Å²) in [5, 5.41) is 3.70. The number of ether oxygens (including phenoxy) is 1. The van der Waals surface area contributed by atoms with Crippen molar-refractivity contribution in [3.8, 4) is 0 Å². The smallest absolute Gasteiger partial charge is 0.193 e. The van der Waals surface area contributed by atoms with Crippen LogP contribution in [0.1, 0.15) is 44.1 Å². The molecule has 30 heavy (non-hydrogen) atoms. The Bertz CT molecular complexity index is 679. The third-order valence-corrected chi connectivity index (χ3v) is 7.34. The van der Waals surface area contributed by atoms with Crippen LogP contribution >= 0.6 is 24.0 Å². The van der Waals surface area contributed by atoms with E-state index >= 15 is 0 Å². The van der Waals surface area contributed by atoms with E-state index in [4.69, 9.17) is 4.74 Å². The van der Waals surface area contributed by atoms with Crippen molar-refractivity contribution in [3.63, 3.8) is 0 Å². The average Bonchev–Trinajstić information content (AvgIpc) is 3.53. The van der Waals surface area contributed by atoms with E-state index in [-0.39, 0.29) is 24.0 Å². The van der Waals surface area contributed by atoms with Crippen molar-refractivity contribution in [1.29, 1.82) is 0 Å². The molecule has 0 spiro atoms. The number of piperidine rings is 2. The van der Waals surface area contributed by atoms with Gasteiger partial charge >= 0.3 is 0 Å². The first-order valence-electron chi connectivity index (χ1n) is 11.5. The first kappa shape index (κ1) is 23.8. The van der Waals surface area contributed by atoms with Gasteiger partial charge in [0.1, 0.15) is 0 Å². The molecule has 3 aliphatic rings. The number of nitrogens with one attached hydrogen (secondary N) is 1. The number of benzene rings is 1. The molecule has 1 saturated carbocycles. The van der Waals surface area contributed by atoms with E-state index in [2.05, 4.69) is 50.4 Å². The Hall–Kier alpha value is -0.860. The van der Waals surface area contributed by atoms with E-state index in [1.807, 2.05) is 7.05 Å². The maximum atomic E-state index is 5.31. The Kier molecular flexibility index (Phi) is 8.83. The normalized spacial score (nSPS) is 25.9. The largest absolute Gasteiger partial charge is 0.385 e. The number of fused-ring (bicyclic) bond motifs is 1. The fourth-order valence-electron chi connectivity index (χ4n) is 5.32. The minimum atomic E-state index is 0. The summed E-state index contributed by atoms with van der Waals surface area (Å²) in [6, 6.07) is 11.7. The Morgan fingerprint density at radius 3 is 2.70 bits per heavy atom. The maximum absolute atomic E-state index is 5.31. The fraction of sp³-hybridized carbons (Fsp3) is 0.708. The van der Waals surface area contributed by atoms with Crippen LogP contribution in [0.4, 0.5) is 0 Å². The van der Waals surface area contributed by atoms with Crippen LogP contribution in [0.15, 0.2) is 35.3 Å². The van der Waals surface area contributed by atoms with Gasteiger partial charge in [-0.05, 0) is 62.0 Å². The standard InChI is InChI=1S/C24H38N4O.HI/c1-25-23(26-19-24(11-12-24)13-16-29-2)28-15-10-22-21(18-28)9-6-14-27(22)17-20-7-4-3-5-8-20;/h3-5,7-8,21-22H,6,9-19H2,1-2H3,(H,25,26);1H. The summed E-state index contributed by atoms with van der Waals surface area (Å²) in [6.45, 7) is 6.48. The van der Waals surface area contributed by atoms with Crippen molar-refractivity contribution in [2.24, 2.45) is 16.3 Å². The summed E-state index contributed by atoms with van der Waals surface area (Å²) in [5.74, 6) is 1.86. The van der Waals surface area contributed by atoms with Gasteiger partial charge in [0.05, 0.1) is 0 Å². The first-order chi connectivity index (χ1) is 14.2. The minimum Gasteiger partial charge on any atom is -0.385 e. The van der Waals surface area contributed by atoms with E-state index in [1.54, 1.807) is 7.11 Å². The van der Waals surface area contributed by atoms with Crippen molar-refractivity contribution >= 4 is 29.9 Å². The number of guanidine groups is 1. The minimum absolute atomic E-state index is 0. The zero-order valence-corrected chi connectivity index (χ0v) is 21.0. The first-order valence-corrected chi connectivity index (χ1v) is 11.5. The predicted molar refractivity (Wildman–Crippen MR) is 134 cm³/mol. The van der Waals surface area contributed by atoms with Crippen LogP contribution < -0.4 is 5.32 Å². The van der Waals surface area contributed by atoms with Gasteiger partial charge in [0.2, 0.25) is 0 Å². The molecule has 1 aliphatic carbocycles. The number of rotatable bonds is 7. The molecule has 2 saturated heterocycles. The van der Waals surface area contributed by atoms with Crippen molar-refractivity contribution in [1.82, 2.24) is 15.1 Å². The van der Waals surface area contributed by atoms with Gasteiger partial charge < -0.3 is 15.0 Å². The molecule has 4 rings (SSSR count). The highest BCUT2D eigenvalue weighted by Crippen LogP contribution is 2.48. The second-order valence-corrected chi connectivity index (χ2v) is 9.30. The van der Waals surface area contributed by atoms with Crippen LogP contribution in [0.5, 0.6) is 0 Å². The molecule has 5 nitrogen and oxygen atoms in total. The molecule has 2 heterocycles. The monoisotopic (exact) mass is 526 g/mol. The van der Waals surface area contributed by atoms with E-state index in [1.165, 1.54) is 44.2 Å². The molecule has 1 aromatic rings. The fourth-order valence-corrected chi connectivity index (χ4v) is 5.32. The molecular weight excluding hydrogens is 487 g/mol. The van der Waals surface area contributed by atoms with E-state index < -0.39 is 0 Å². The number of halogens is 1. The van der Waals surface area contributed by atoms with Gasteiger partial charge in [-0.1, -0.05) is 30.3 Å². The lowest BCUT2D eigenvalue weighted by Gasteiger charge is -2.48. The van der Waals surface area contributed by atoms with Gasteiger partial charge in [-0.15, -0.1) is 24.0 Å². The summed E-state index contributed by atoms with van der Waals surface area (Å²) < 4.78 is 5.31. The molecule has 1 aromatic carbocycles. The van der Waals surface area contributed by atoms with Crippen LogP contribution in [0.3, 0.4) is 0 Å². The van der Waals surface area contributed by atoms with Crippen molar-refractivity contribution in [2.45, 2.75) is 51.1 Å². The van der Waals surface area contributed by atoms with Crippen LogP contribution in [-0.4, -0.2) is 68.7 Å². The van der Waals surface area contributed by atoms with Crippen LogP contribution in [-0.2, 0) is 11.3 Å². The lowest BCUT2D eigenvalue weighted by atomic mass is 9.83. The van der Waals surface area contributed by atoms with E-state index in [9.17, 15) is 0 Å². The van der Waals surface area contributed by atoms with Crippen molar-refractivity contribution in [2.75, 3.05) is 46.9 Å². The number of aliphatic imine (C=N–C) groups is 1. The number of likely N-dealkylation sites (tertiary alicyclic amines) is 2. The molecule has 0 amide bonds. The predicted octanol–water partition coefficient (Wildman–Crippen LogP) is 3.98. The highest BCUT2D eigenvalue weighted by Gasteiger charge is 2.42. The molecule has 2 atom stereocenters. The molecule has 1 N–H and O–H groups in total. The molecular formula is C24H39IN4O. The number of nitrogens with zero attached hydrogens (tertiary/aromatic N) is 3. The summed E-state index contributed by atoms with van der Waals surface area (Å²) in [4.78, 5) is 9.88. The highest BCUT2D eigenvalue weighted by molar-refractivity contribution is 14.0. The second-order valence-electron chi connectivity index (χ2n) is 9.30. The maximum Gasteiger partial charge on any atom is 0.193 e. The van der Waals surface area contributed by atoms with Gasteiger partial charge in [0.15, 0.2) is 5.96 Å². The molecule has 2 unspecified atom stereocenters. The average molecular weight is 527 g/mol. The van der Waals surface area contributed by atoms with Gasteiger partial charge in [-0.3, -0.25) is 9.89 Å². The summed E-state index contributed by atoms with van der Waals surface area (Å²) in [7, 11) is 3.74. The SMILES string of the molecule is CN=C(NCC1(CCOC)CC1)N1CCC2C(CCCN2Cc2ccccc2)C1.I. The van der Waals surface area contributed by atoms with Gasteiger partial charge in [0.25, 0.3) is 0 Å². The van der Waals surface area contributed by atoms with Crippen LogP contribution in [0.25, 0.3) is 0 Å². The second kappa shape index (κ2) is 11.1. The molecule has 6 heteroatoms. The zero-order chi connectivity index (χ0) is 20.1. The Labute approximate surface area is 199 Å². The Morgan fingerprint density at radius 2 is 2.00 bits per heavy atom. The third-order valence-electron chi connectivity index (χ3n) is 7.34. The number of hydrogen-bond acceptors (Lipinski definition) is 3. The van der Waals surface area contributed by atoms with Gasteiger partial charge in [-0.25, -0.2) is 0 Å².